The van der Waals surface area contributed by atoms with E-state index in [1.54, 1.807) is 0 Å². The van der Waals surface area contributed by atoms with E-state index in [1.165, 1.54) is 18.7 Å². The van der Waals surface area contributed by atoms with Gasteiger partial charge in [0.1, 0.15) is 0 Å². The molecular weight excluding hydrogens is 242 g/mol. The van der Waals surface area contributed by atoms with Gasteiger partial charge in [-0.05, 0) is 30.7 Å². The summed E-state index contributed by atoms with van der Waals surface area (Å²) in [5.41, 5.74) is 6.68. The summed E-state index contributed by atoms with van der Waals surface area (Å²) in [7, 11) is 0. The van der Waals surface area contributed by atoms with Crippen molar-refractivity contribution in [3.05, 3.63) is 17.8 Å². The minimum Gasteiger partial charge on any atom is -0.478 e. The molecule has 0 amide bonds. The van der Waals surface area contributed by atoms with Crippen LogP contribution >= 0.6 is 0 Å². The van der Waals surface area contributed by atoms with E-state index in [9.17, 15) is 4.79 Å². The molecule has 2 heterocycles. The van der Waals surface area contributed by atoms with Crippen LogP contribution in [-0.4, -0.2) is 29.1 Å². The van der Waals surface area contributed by atoms with Crippen molar-refractivity contribution < 1.29 is 9.90 Å². The van der Waals surface area contributed by atoms with Crippen molar-refractivity contribution in [1.29, 1.82) is 0 Å². The highest BCUT2D eigenvalue weighted by molar-refractivity contribution is 5.96. The van der Waals surface area contributed by atoms with Crippen LogP contribution in [0.4, 0.5) is 11.5 Å². The van der Waals surface area contributed by atoms with Crippen LogP contribution in [0, 0.1) is 5.41 Å². The number of pyridine rings is 1. The first kappa shape index (κ1) is 13.6. The molecule has 0 radical (unpaired) electrons. The van der Waals surface area contributed by atoms with Gasteiger partial charge in [0.2, 0.25) is 0 Å². The van der Waals surface area contributed by atoms with E-state index in [0.29, 0.717) is 11.2 Å². The number of carbonyl (C=O) groups is 1. The van der Waals surface area contributed by atoms with Crippen molar-refractivity contribution in [3.8, 4) is 0 Å². The summed E-state index contributed by atoms with van der Waals surface area (Å²) >= 11 is 0. The summed E-state index contributed by atoms with van der Waals surface area (Å²) in [6, 6.07) is 1.45. The molecule has 1 saturated heterocycles. The third-order valence-electron chi connectivity index (χ3n) is 3.84. The predicted octanol–water partition coefficient (Wildman–Crippen LogP) is 2.38. The van der Waals surface area contributed by atoms with E-state index < -0.39 is 5.97 Å². The lowest BCUT2D eigenvalue weighted by atomic mass is 9.85. The molecule has 1 aromatic rings. The number of carboxylic acids is 1. The Kier molecular flexibility index (Phi) is 3.64. The van der Waals surface area contributed by atoms with Gasteiger partial charge in [0, 0.05) is 19.3 Å². The van der Waals surface area contributed by atoms with Gasteiger partial charge < -0.3 is 15.7 Å². The number of nitrogens with two attached hydrogens (primary N) is 1. The van der Waals surface area contributed by atoms with E-state index >= 15 is 0 Å². The number of carboxylic acid groups (broad SMARTS) is 1. The molecule has 0 aromatic carbocycles. The van der Waals surface area contributed by atoms with Crippen LogP contribution in [0.1, 0.15) is 43.5 Å². The van der Waals surface area contributed by atoms with Gasteiger partial charge in [0.25, 0.3) is 0 Å². The lowest BCUT2D eigenvalue weighted by molar-refractivity contribution is 0.0698. The van der Waals surface area contributed by atoms with Gasteiger partial charge in [0.05, 0.1) is 11.3 Å². The Morgan fingerprint density at radius 2 is 2.16 bits per heavy atom. The van der Waals surface area contributed by atoms with E-state index in [1.807, 2.05) is 0 Å². The van der Waals surface area contributed by atoms with Gasteiger partial charge in [-0.3, -0.25) is 0 Å². The van der Waals surface area contributed by atoms with Crippen LogP contribution < -0.4 is 10.6 Å². The molecule has 3 N–H and O–H groups in total. The Morgan fingerprint density at radius 1 is 1.42 bits per heavy atom. The minimum absolute atomic E-state index is 0.133. The molecule has 1 aromatic heterocycles. The molecule has 1 aliphatic rings. The summed E-state index contributed by atoms with van der Waals surface area (Å²) in [6.45, 7) is 6.28. The maximum absolute atomic E-state index is 11.1. The van der Waals surface area contributed by atoms with Crippen LogP contribution in [-0.2, 0) is 0 Å². The van der Waals surface area contributed by atoms with E-state index in [-0.39, 0.29) is 11.3 Å². The topological polar surface area (TPSA) is 79.5 Å². The number of nitrogen functional groups attached to an aromatic ring is 1. The standard InChI is InChI=1S/C14H21N3O2/c1-14(2)5-3-8-17(9-6-14)12-11(15)10(13(18)19)4-7-16-12/h4,7H,3,5-6,8-9,15H2,1-2H3,(H,18,19). The fourth-order valence-electron chi connectivity index (χ4n) is 2.54. The van der Waals surface area contributed by atoms with Gasteiger partial charge in [-0.25, -0.2) is 9.78 Å². The van der Waals surface area contributed by atoms with Gasteiger partial charge in [-0.1, -0.05) is 13.8 Å². The zero-order chi connectivity index (χ0) is 14.0. The van der Waals surface area contributed by atoms with Crippen LogP contribution in [0.3, 0.4) is 0 Å². The number of hydrogen-bond acceptors (Lipinski definition) is 4. The summed E-state index contributed by atoms with van der Waals surface area (Å²) < 4.78 is 0. The molecule has 5 heteroatoms. The average Bonchev–Trinajstić information content (AvgIpc) is 2.50. The molecule has 5 nitrogen and oxygen atoms in total. The van der Waals surface area contributed by atoms with Gasteiger partial charge in [-0.15, -0.1) is 0 Å². The molecule has 0 atom stereocenters. The summed E-state index contributed by atoms with van der Waals surface area (Å²) in [5, 5.41) is 9.10. The highest BCUT2D eigenvalue weighted by Gasteiger charge is 2.25. The number of nitrogens with zero attached hydrogens (tertiary/aromatic N) is 2. The van der Waals surface area contributed by atoms with E-state index in [0.717, 1.165) is 25.9 Å². The number of rotatable bonds is 2. The highest BCUT2D eigenvalue weighted by Crippen LogP contribution is 2.33. The van der Waals surface area contributed by atoms with Gasteiger partial charge >= 0.3 is 5.97 Å². The van der Waals surface area contributed by atoms with Crippen molar-refractivity contribution in [2.45, 2.75) is 33.1 Å². The third kappa shape index (κ3) is 2.97. The highest BCUT2D eigenvalue weighted by atomic mass is 16.4. The molecule has 2 rings (SSSR count). The first-order valence-corrected chi connectivity index (χ1v) is 6.63. The Bertz CT molecular complexity index is 486. The van der Waals surface area contributed by atoms with E-state index in [2.05, 4.69) is 23.7 Å². The lowest BCUT2D eigenvalue weighted by Gasteiger charge is -2.25. The Hall–Kier alpha value is -1.78. The smallest absolute Gasteiger partial charge is 0.337 e. The maximum Gasteiger partial charge on any atom is 0.337 e. The van der Waals surface area contributed by atoms with Crippen LogP contribution in [0.5, 0.6) is 0 Å². The van der Waals surface area contributed by atoms with Crippen LogP contribution in [0.15, 0.2) is 12.3 Å². The predicted molar refractivity (Wildman–Crippen MR) is 75.5 cm³/mol. The van der Waals surface area contributed by atoms with Crippen molar-refractivity contribution in [2.24, 2.45) is 5.41 Å². The number of aromatic carboxylic acids is 1. The van der Waals surface area contributed by atoms with Crippen molar-refractivity contribution in [3.63, 3.8) is 0 Å². The minimum atomic E-state index is -1.00. The molecule has 0 bridgehead atoms. The molecule has 1 fully saturated rings. The SMILES string of the molecule is CC1(C)CCCN(c2nccc(C(=O)O)c2N)CC1. The fourth-order valence-corrected chi connectivity index (χ4v) is 2.54. The Labute approximate surface area is 113 Å². The number of aromatic nitrogens is 1. The van der Waals surface area contributed by atoms with E-state index in [4.69, 9.17) is 10.8 Å². The molecule has 0 aliphatic carbocycles. The second-order valence-electron chi connectivity index (χ2n) is 5.91. The Balaban J connectivity index is 2.27. The fraction of sp³-hybridized carbons (Fsp3) is 0.571. The summed E-state index contributed by atoms with van der Waals surface area (Å²) in [4.78, 5) is 17.5. The maximum atomic E-state index is 11.1. The Morgan fingerprint density at radius 3 is 2.84 bits per heavy atom. The number of hydrogen-bond donors (Lipinski definition) is 2. The first-order valence-electron chi connectivity index (χ1n) is 6.63. The largest absolute Gasteiger partial charge is 0.478 e. The summed E-state index contributed by atoms with van der Waals surface area (Å²) in [5.74, 6) is -0.395. The molecule has 104 valence electrons. The van der Waals surface area contributed by atoms with Gasteiger partial charge in [0.15, 0.2) is 5.82 Å². The first-order chi connectivity index (χ1) is 8.91. The van der Waals surface area contributed by atoms with Crippen LogP contribution in [0.25, 0.3) is 0 Å². The van der Waals surface area contributed by atoms with Crippen LogP contribution in [0.2, 0.25) is 0 Å². The molecule has 19 heavy (non-hydrogen) atoms. The second kappa shape index (κ2) is 5.07. The monoisotopic (exact) mass is 263 g/mol. The zero-order valence-electron chi connectivity index (χ0n) is 11.5. The summed E-state index contributed by atoms with van der Waals surface area (Å²) in [6.07, 6.45) is 4.82. The average molecular weight is 263 g/mol. The molecule has 0 unspecified atom stereocenters. The van der Waals surface area contributed by atoms with Crippen molar-refractivity contribution in [1.82, 2.24) is 4.98 Å². The third-order valence-corrected chi connectivity index (χ3v) is 3.84. The van der Waals surface area contributed by atoms with Crippen molar-refractivity contribution in [2.75, 3.05) is 23.7 Å². The lowest BCUT2D eigenvalue weighted by Crippen LogP contribution is -2.27. The molecule has 0 saturated carbocycles. The number of anilines is 2. The normalized spacial score (nSPS) is 18.9. The second-order valence-corrected chi connectivity index (χ2v) is 5.91. The van der Waals surface area contributed by atoms with Gasteiger partial charge in [-0.2, -0.15) is 0 Å². The quantitative estimate of drug-likeness (QED) is 0.856. The molecular formula is C14H21N3O2. The molecule has 0 spiro atoms. The van der Waals surface area contributed by atoms with Crippen molar-refractivity contribution >= 4 is 17.5 Å². The zero-order valence-corrected chi connectivity index (χ0v) is 11.5. The molecule has 1 aliphatic heterocycles.